The molecule has 0 aliphatic heterocycles. The van der Waals surface area contributed by atoms with Crippen molar-refractivity contribution in [1.82, 2.24) is 20.2 Å². The Morgan fingerprint density at radius 2 is 1.89 bits per heavy atom. The van der Waals surface area contributed by atoms with Crippen LogP contribution in [-0.2, 0) is 6.42 Å². The number of aromatic nitrogens is 4. The molecule has 0 aliphatic carbocycles. The number of nitro groups is 1. The van der Waals surface area contributed by atoms with Crippen LogP contribution in [0.15, 0.2) is 65.3 Å². The van der Waals surface area contributed by atoms with E-state index in [4.69, 9.17) is 13.9 Å². The Morgan fingerprint density at radius 3 is 2.63 bits per heavy atom. The molecule has 12 heteroatoms. The molecule has 0 aliphatic rings. The molecule has 0 unspecified atom stereocenters. The van der Waals surface area contributed by atoms with Crippen molar-refractivity contribution < 1.29 is 23.2 Å². The number of ether oxygens (including phenoxy) is 2. The van der Waals surface area contributed by atoms with Gasteiger partial charge in [-0.15, -0.1) is 10.2 Å². The molecule has 11 nitrogen and oxygen atoms in total. The maximum absolute atomic E-state index is 15.0. The van der Waals surface area contributed by atoms with Crippen LogP contribution in [0.25, 0.3) is 22.4 Å². The van der Waals surface area contributed by atoms with Crippen molar-refractivity contribution in [2.45, 2.75) is 20.3 Å². The number of hydrogen-bond acceptors (Lipinski definition) is 10. The Balaban J connectivity index is 1.39. The van der Waals surface area contributed by atoms with Gasteiger partial charge in [0, 0.05) is 30.2 Å². The summed E-state index contributed by atoms with van der Waals surface area (Å²) in [5, 5.41) is 22.8. The third-order valence-electron chi connectivity index (χ3n) is 5.49. The van der Waals surface area contributed by atoms with Gasteiger partial charge in [0.15, 0.2) is 5.75 Å². The second kappa shape index (κ2) is 10.5. The second-order valence-corrected chi connectivity index (χ2v) is 8.00. The summed E-state index contributed by atoms with van der Waals surface area (Å²) in [6.45, 7) is 3.89. The number of halogens is 1. The van der Waals surface area contributed by atoms with E-state index >= 15 is 4.39 Å². The summed E-state index contributed by atoms with van der Waals surface area (Å²) in [5.74, 6) is 1.28. The fourth-order valence-electron chi connectivity index (χ4n) is 3.72. The highest BCUT2D eigenvalue weighted by molar-refractivity contribution is 5.93. The van der Waals surface area contributed by atoms with Crippen LogP contribution in [0.1, 0.15) is 19.7 Å². The topological polar surface area (TPSA) is 138 Å². The first-order valence-corrected chi connectivity index (χ1v) is 11.7. The lowest BCUT2D eigenvalue weighted by Crippen LogP contribution is -2.01. The minimum Gasteiger partial charge on any atom is -0.487 e. The number of nitrogens with zero attached hydrogens (tertiary/aromatic N) is 5. The van der Waals surface area contributed by atoms with Crippen molar-refractivity contribution in [2.24, 2.45) is 0 Å². The quantitative estimate of drug-likeness (QED) is 0.177. The summed E-state index contributed by atoms with van der Waals surface area (Å²) >= 11 is 0. The number of nitrogens with one attached hydrogen (secondary N) is 1. The maximum Gasteiger partial charge on any atom is 0.311 e. The highest BCUT2D eigenvalue weighted by Crippen LogP contribution is 2.35. The molecular formula is C26H21FN6O5. The van der Waals surface area contributed by atoms with E-state index in [1.807, 2.05) is 6.92 Å². The first-order chi connectivity index (χ1) is 18.4. The number of hydrogen-bond donors (Lipinski definition) is 1. The van der Waals surface area contributed by atoms with Crippen LogP contribution in [0.5, 0.6) is 17.2 Å². The van der Waals surface area contributed by atoms with E-state index in [1.54, 1.807) is 37.3 Å². The van der Waals surface area contributed by atoms with E-state index in [0.29, 0.717) is 40.4 Å². The predicted molar refractivity (Wildman–Crippen MR) is 136 cm³/mol. The van der Waals surface area contributed by atoms with Gasteiger partial charge < -0.3 is 19.2 Å². The lowest BCUT2D eigenvalue weighted by molar-refractivity contribution is -0.385. The van der Waals surface area contributed by atoms with Crippen LogP contribution >= 0.6 is 0 Å². The van der Waals surface area contributed by atoms with E-state index in [-0.39, 0.29) is 35.3 Å². The van der Waals surface area contributed by atoms with Crippen LogP contribution in [0.4, 0.5) is 21.6 Å². The van der Waals surface area contributed by atoms with Gasteiger partial charge in [0.05, 0.1) is 28.1 Å². The van der Waals surface area contributed by atoms with Crippen molar-refractivity contribution in [3.05, 3.63) is 82.7 Å². The zero-order valence-corrected chi connectivity index (χ0v) is 20.3. The number of benzene rings is 3. The summed E-state index contributed by atoms with van der Waals surface area (Å²) < 4.78 is 31.8. The van der Waals surface area contributed by atoms with E-state index < -0.39 is 10.7 Å². The number of anilines is 2. The molecule has 0 radical (unpaired) electrons. The van der Waals surface area contributed by atoms with Gasteiger partial charge in [0.2, 0.25) is 11.8 Å². The molecule has 192 valence electrons. The Bertz CT molecular complexity index is 1640. The van der Waals surface area contributed by atoms with E-state index in [0.717, 1.165) is 0 Å². The second-order valence-electron chi connectivity index (χ2n) is 8.00. The minimum atomic E-state index is -0.615. The van der Waals surface area contributed by atoms with E-state index in [2.05, 4.69) is 25.5 Å². The van der Waals surface area contributed by atoms with Gasteiger partial charge in [-0.3, -0.25) is 10.1 Å². The van der Waals surface area contributed by atoms with Crippen LogP contribution in [-0.4, -0.2) is 31.7 Å². The lowest BCUT2D eigenvalue weighted by Gasteiger charge is -2.12. The van der Waals surface area contributed by atoms with Gasteiger partial charge in [0.1, 0.15) is 29.5 Å². The van der Waals surface area contributed by atoms with Crippen molar-refractivity contribution in [1.29, 1.82) is 0 Å². The minimum absolute atomic E-state index is 0.0938. The first-order valence-electron chi connectivity index (χ1n) is 11.7. The molecule has 5 rings (SSSR count). The molecule has 0 spiro atoms. The molecule has 0 atom stereocenters. The predicted octanol–water partition coefficient (Wildman–Crippen LogP) is 6.22. The number of nitro benzene ring substituents is 1. The standard InChI is InChI=1S/C26H21FN6O5/c1-3-24-31-32-26(38-24)15-6-5-7-16(10-15)37-17-8-9-20(19(27)11-17)30-25-18-12-22(33(34)35)23(36-4-2)13-21(18)28-14-29-25/h5-14H,3-4H2,1-2H3,(H,28,29,30). The largest absolute Gasteiger partial charge is 0.487 e. The van der Waals surface area contributed by atoms with Crippen LogP contribution in [0, 0.1) is 15.9 Å². The van der Waals surface area contributed by atoms with Gasteiger partial charge >= 0.3 is 5.69 Å². The first kappa shape index (κ1) is 24.6. The van der Waals surface area contributed by atoms with E-state index in [1.165, 1.54) is 30.6 Å². The smallest absolute Gasteiger partial charge is 0.311 e. The number of fused-ring (bicyclic) bond motifs is 1. The molecule has 0 saturated heterocycles. The summed E-state index contributed by atoms with van der Waals surface area (Å²) in [7, 11) is 0. The van der Waals surface area contributed by atoms with Gasteiger partial charge in [-0.1, -0.05) is 13.0 Å². The average molecular weight is 516 g/mol. The van der Waals surface area contributed by atoms with Gasteiger partial charge in [-0.25, -0.2) is 14.4 Å². The Kier molecular flexibility index (Phi) is 6.76. The molecule has 0 fully saturated rings. The van der Waals surface area contributed by atoms with Gasteiger partial charge in [-0.2, -0.15) is 0 Å². The molecule has 0 bridgehead atoms. The summed E-state index contributed by atoms with van der Waals surface area (Å²) in [6.07, 6.45) is 1.90. The molecule has 0 amide bonds. The Labute approximate surface area is 215 Å². The Hall–Kier alpha value is -5.13. The number of aryl methyl sites for hydroxylation is 1. The molecule has 2 heterocycles. The van der Waals surface area contributed by atoms with E-state index in [9.17, 15) is 10.1 Å². The third-order valence-corrected chi connectivity index (χ3v) is 5.49. The van der Waals surface area contributed by atoms with Gasteiger partial charge in [0.25, 0.3) is 0 Å². The molecule has 3 aromatic carbocycles. The molecule has 2 aromatic heterocycles. The normalized spacial score (nSPS) is 10.9. The zero-order chi connectivity index (χ0) is 26.6. The summed E-state index contributed by atoms with van der Waals surface area (Å²) in [5.41, 5.74) is 0.936. The van der Waals surface area contributed by atoms with Gasteiger partial charge in [-0.05, 0) is 37.3 Å². The van der Waals surface area contributed by atoms with Crippen molar-refractivity contribution in [3.8, 4) is 28.7 Å². The van der Waals surface area contributed by atoms with Crippen molar-refractivity contribution >= 4 is 28.1 Å². The maximum atomic E-state index is 15.0. The number of rotatable bonds is 9. The third kappa shape index (κ3) is 5.05. The van der Waals surface area contributed by atoms with Crippen molar-refractivity contribution in [2.75, 3.05) is 11.9 Å². The summed E-state index contributed by atoms with van der Waals surface area (Å²) in [4.78, 5) is 19.3. The van der Waals surface area contributed by atoms with Crippen LogP contribution in [0.2, 0.25) is 0 Å². The molecular weight excluding hydrogens is 495 g/mol. The SMILES string of the molecule is CCOc1cc2ncnc(Nc3ccc(Oc4cccc(-c5nnc(CC)o5)c4)cc3F)c2cc1[N+](=O)[O-]. The highest BCUT2D eigenvalue weighted by atomic mass is 19.1. The average Bonchev–Trinajstić information content (AvgIpc) is 3.40. The molecule has 5 aromatic rings. The zero-order valence-electron chi connectivity index (χ0n) is 20.3. The molecule has 1 N–H and O–H groups in total. The molecule has 0 saturated carbocycles. The Morgan fingerprint density at radius 1 is 1.05 bits per heavy atom. The summed E-state index contributed by atoms with van der Waals surface area (Å²) in [6, 6.07) is 14.1. The lowest BCUT2D eigenvalue weighted by atomic mass is 10.2. The fourth-order valence-corrected chi connectivity index (χ4v) is 3.72. The highest BCUT2D eigenvalue weighted by Gasteiger charge is 2.19. The molecule has 38 heavy (non-hydrogen) atoms. The van der Waals surface area contributed by atoms with Crippen LogP contribution < -0.4 is 14.8 Å². The monoisotopic (exact) mass is 516 g/mol. The fraction of sp³-hybridized carbons (Fsp3) is 0.154. The van der Waals surface area contributed by atoms with Crippen molar-refractivity contribution in [3.63, 3.8) is 0 Å². The van der Waals surface area contributed by atoms with Crippen LogP contribution in [0.3, 0.4) is 0 Å².